The Hall–Kier alpha value is -6.27. The van der Waals surface area contributed by atoms with Crippen LogP contribution in [0.1, 0.15) is 85.3 Å². The molecule has 0 spiro atoms. The number of esters is 1. The Labute approximate surface area is 396 Å². The average Bonchev–Trinajstić information content (AvgIpc) is 3.29. The van der Waals surface area contributed by atoms with Crippen LogP contribution >= 0.6 is 11.6 Å². The maximum atomic E-state index is 14.9. The number of amides is 7. The maximum Gasteiger partial charge on any atom is 0.329 e. The number of aliphatic hydroxyl groups is 1. The lowest BCUT2D eigenvalue weighted by Gasteiger charge is -2.43. The summed E-state index contributed by atoms with van der Waals surface area (Å²) in [4.78, 5) is 116. The normalized spacial score (nSPS) is 25.0. The number of aromatic hydroxyl groups is 1. The van der Waals surface area contributed by atoms with Crippen LogP contribution in [-0.4, -0.2) is 123 Å². The van der Waals surface area contributed by atoms with E-state index in [-0.39, 0.29) is 43.6 Å². The number of piperidine rings is 1. The first-order valence-corrected chi connectivity index (χ1v) is 22.9. The van der Waals surface area contributed by atoms with E-state index >= 15 is 0 Å². The van der Waals surface area contributed by atoms with Gasteiger partial charge in [0.15, 0.2) is 0 Å². The van der Waals surface area contributed by atoms with Crippen LogP contribution in [0.2, 0.25) is 0 Å². The minimum atomic E-state index is -1.71. The molecule has 0 aromatic heterocycles. The van der Waals surface area contributed by atoms with Gasteiger partial charge in [-0.15, -0.1) is 0 Å². The van der Waals surface area contributed by atoms with E-state index in [1.165, 1.54) is 44.6 Å². The van der Waals surface area contributed by atoms with E-state index in [0.29, 0.717) is 23.1 Å². The summed E-state index contributed by atoms with van der Waals surface area (Å²) in [7, 11) is 1.37. The predicted molar refractivity (Wildman–Crippen MR) is 248 cm³/mol. The Balaban J connectivity index is 1.84. The number of halogens is 1. The number of phenolic OH excluding ortho intramolecular Hbond substituents is 1. The second-order valence-corrected chi connectivity index (χ2v) is 17.7. The van der Waals surface area contributed by atoms with Gasteiger partial charge in [0.1, 0.15) is 60.0 Å². The van der Waals surface area contributed by atoms with Crippen LogP contribution in [0.3, 0.4) is 0 Å². The number of benzene rings is 2. The molecule has 2 saturated heterocycles. The summed E-state index contributed by atoms with van der Waals surface area (Å²) in [5.74, 6) is -7.81. The fraction of sp³-hybridized carbons (Fsp3) is 0.500. The molecule has 2 aromatic carbocycles. The van der Waals surface area contributed by atoms with Crippen molar-refractivity contribution in [3.63, 3.8) is 0 Å². The number of carbonyl (C=O) groups excluding carboxylic acids is 8. The van der Waals surface area contributed by atoms with Gasteiger partial charge < -0.3 is 51.3 Å². The van der Waals surface area contributed by atoms with Gasteiger partial charge in [-0.05, 0) is 73.8 Å². The van der Waals surface area contributed by atoms with Crippen molar-refractivity contribution in [2.75, 3.05) is 7.05 Å². The molecule has 0 radical (unpaired) electrons. The molecule has 7 N–H and O–H groups in total. The molecular weight excluding hydrogens is 886 g/mol. The average molecular weight is 951 g/mol. The fourth-order valence-electron chi connectivity index (χ4n) is 7.82. The number of likely N-dealkylation sites (N-methyl/N-ethyl adjacent to an activating group) is 1. The zero-order valence-corrected chi connectivity index (χ0v) is 40.0. The highest BCUT2D eigenvalue weighted by molar-refractivity contribution is 6.25. The predicted octanol–water partition coefficient (Wildman–Crippen LogP) is 2.45. The lowest BCUT2D eigenvalue weighted by atomic mass is 9.95. The Morgan fingerprint density at radius 2 is 1.52 bits per heavy atom. The standard InChI is InChI=1S/C48H64ClN7O11/c1-9-29(25-49)24-37(58)52-39(26(3)4)44(62)54-41-28(7)67-48(66)40(27(5)6)53-43(61)35(22-31-16-18-32(57)19-17-31)55(8)47(65)36(23-30-14-12-11-13-15-30)56-38(59)21-20-34(46(56)64)51-42(60)33(10-2)50-45(41)63/h10-19,25-28,34-36,38-41,57,59H,9,20-24H2,1-8H3,(H,50,63)(H,51,60)(H,52,58)(H,53,61)(H,54,62)/b29-25+,33-10-/t28-,34+,35+,36+,38-,39+,40+,41+/m1/s1. The maximum absolute atomic E-state index is 14.9. The molecule has 8 atom stereocenters. The lowest BCUT2D eigenvalue weighted by Crippen LogP contribution is -2.64. The van der Waals surface area contributed by atoms with Crippen LogP contribution in [0.4, 0.5) is 0 Å². The van der Waals surface area contributed by atoms with E-state index in [9.17, 15) is 48.6 Å². The molecule has 2 fully saturated rings. The van der Waals surface area contributed by atoms with Crippen molar-refractivity contribution < 1.29 is 53.3 Å². The summed E-state index contributed by atoms with van der Waals surface area (Å²) in [5, 5.41) is 34.6. The summed E-state index contributed by atoms with van der Waals surface area (Å²) in [6, 6.07) is 6.32. The molecule has 18 nitrogen and oxygen atoms in total. The van der Waals surface area contributed by atoms with E-state index in [0.717, 1.165) is 9.80 Å². The van der Waals surface area contributed by atoms with E-state index in [1.54, 1.807) is 70.2 Å². The zero-order valence-electron chi connectivity index (χ0n) is 39.2. The number of allylic oxidation sites excluding steroid dienone is 1. The molecule has 2 heterocycles. The van der Waals surface area contributed by atoms with Crippen LogP contribution in [0, 0.1) is 11.8 Å². The summed E-state index contributed by atoms with van der Waals surface area (Å²) >= 11 is 5.87. The number of phenols is 1. The fourth-order valence-corrected chi connectivity index (χ4v) is 8.05. The lowest BCUT2D eigenvalue weighted by molar-refractivity contribution is -0.165. The minimum absolute atomic E-state index is 0.0449. The number of ether oxygens (including phenoxy) is 1. The molecule has 19 heteroatoms. The molecule has 0 saturated carbocycles. The van der Waals surface area contributed by atoms with E-state index < -0.39 is 108 Å². The number of cyclic esters (lactones) is 1. The SMILES string of the molecule is C/C=C1\NC(=O)[C@@H](NC(=O)[C@@H](NC(=O)C/C(=C/Cl)CC)C(C)C)[C@@H](C)OC(=O)[C@H](C(C)C)NC(=O)[C@H](Cc2ccc(O)cc2)N(C)C(=O)[C@H](Cc2ccccc2)N2C(=O)[C@H](CC[C@H]2O)NC1=O. The number of nitrogens with zero attached hydrogens (tertiary/aromatic N) is 2. The van der Waals surface area contributed by atoms with Gasteiger partial charge in [-0.25, -0.2) is 4.79 Å². The van der Waals surface area contributed by atoms with Crippen molar-refractivity contribution in [3.8, 4) is 5.75 Å². The summed E-state index contributed by atoms with van der Waals surface area (Å²) < 4.78 is 5.86. The van der Waals surface area contributed by atoms with Crippen molar-refractivity contribution in [1.29, 1.82) is 0 Å². The van der Waals surface area contributed by atoms with Crippen LogP contribution in [0.15, 0.2) is 77.5 Å². The monoisotopic (exact) mass is 949 g/mol. The van der Waals surface area contributed by atoms with E-state index in [1.807, 2.05) is 6.92 Å². The van der Waals surface area contributed by atoms with Crippen LogP contribution in [0.5, 0.6) is 5.75 Å². The summed E-state index contributed by atoms with van der Waals surface area (Å²) in [6.07, 6.45) is -1.66. The molecule has 4 rings (SSSR count). The third-order valence-corrected chi connectivity index (χ3v) is 12.2. The van der Waals surface area contributed by atoms with Crippen LogP contribution in [-0.2, 0) is 55.9 Å². The molecule has 364 valence electrons. The van der Waals surface area contributed by atoms with Gasteiger partial charge in [0.25, 0.3) is 11.8 Å². The van der Waals surface area contributed by atoms with Gasteiger partial charge in [0, 0.05) is 31.8 Å². The molecule has 2 aliphatic rings. The second kappa shape index (κ2) is 24.5. The first-order valence-electron chi connectivity index (χ1n) is 22.5. The van der Waals surface area contributed by atoms with Crippen molar-refractivity contribution in [2.45, 2.75) is 136 Å². The number of carbonyl (C=O) groups is 8. The molecule has 0 unspecified atom stereocenters. The largest absolute Gasteiger partial charge is 0.508 e. The Morgan fingerprint density at radius 1 is 0.896 bits per heavy atom. The molecule has 2 aromatic rings. The molecule has 67 heavy (non-hydrogen) atoms. The number of fused-ring (bicyclic) bond motifs is 2. The van der Waals surface area contributed by atoms with Gasteiger partial charge in [0.05, 0.1) is 0 Å². The smallest absolute Gasteiger partial charge is 0.329 e. The topological polar surface area (TPSA) is 253 Å². The van der Waals surface area contributed by atoms with Gasteiger partial charge in [0.2, 0.25) is 29.5 Å². The van der Waals surface area contributed by atoms with E-state index in [2.05, 4.69) is 26.6 Å². The molecule has 7 amide bonds. The number of hydrogen-bond acceptors (Lipinski definition) is 11. The van der Waals surface area contributed by atoms with Gasteiger partial charge >= 0.3 is 5.97 Å². The molecule has 2 aliphatic heterocycles. The molecule has 2 bridgehead atoms. The molecular formula is C48H64ClN7O11. The number of hydrogen-bond donors (Lipinski definition) is 7. The first-order chi connectivity index (χ1) is 31.7. The molecule has 0 aliphatic carbocycles. The zero-order chi connectivity index (χ0) is 49.7. The van der Waals surface area contributed by atoms with Gasteiger partial charge in [-0.3, -0.25) is 33.6 Å². The number of nitrogens with one attached hydrogen (secondary N) is 5. The van der Waals surface area contributed by atoms with Crippen molar-refractivity contribution in [3.05, 3.63) is 88.6 Å². The van der Waals surface area contributed by atoms with E-state index in [4.69, 9.17) is 16.3 Å². The van der Waals surface area contributed by atoms with Crippen LogP contribution in [0.25, 0.3) is 0 Å². The summed E-state index contributed by atoms with van der Waals surface area (Å²) in [6.45, 7) is 11.2. The minimum Gasteiger partial charge on any atom is -0.508 e. The third-order valence-electron chi connectivity index (χ3n) is 11.9. The highest BCUT2D eigenvalue weighted by Gasteiger charge is 2.45. The highest BCUT2D eigenvalue weighted by atomic mass is 35.5. The Morgan fingerprint density at radius 3 is 2.10 bits per heavy atom. The second-order valence-electron chi connectivity index (χ2n) is 17.5. The third kappa shape index (κ3) is 14.1. The van der Waals surface area contributed by atoms with Gasteiger partial charge in [-0.2, -0.15) is 0 Å². The van der Waals surface area contributed by atoms with Crippen LogP contribution < -0.4 is 26.6 Å². The first kappa shape index (κ1) is 53.3. The van der Waals surface area contributed by atoms with Crippen molar-refractivity contribution >= 4 is 58.9 Å². The quantitative estimate of drug-likeness (QED) is 0.120. The highest BCUT2D eigenvalue weighted by Crippen LogP contribution is 2.26. The van der Waals surface area contributed by atoms with Gasteiger partial charge in [-0.1, -0.05) is 94.8 Å². The van der Waals surface area contributed by atoms with Crippen molar-refractivity contribution in [1.82, 2.24) is 36.4 Å². The van der Waals surface area contributed by atoms with Crippen molar-refractivity contribution in [2.24, 2.45) is 11.8 Å². The Bertz CT molecular complexity index is 2180. The Kier molecular flexibility index (Phi) is 19.5. The number of aliphatic hydroxyl groups excluding tert-OH is 1. The number of rotatable bonds is 12. The summed E-state index contributed by atoms with van der Waals surface area (Å²) in [5.41, 5.74) is 2.69.